The van der Waals surface area contributed by atoms with E-state index >= 15 is 0 Å². The Morgan fingerprint density at radius 3 is 2.57 bits per heavy atom. The van der Waals surface area contributed by atoms with E-state index in [9.17, 15) is 14.4 Å². The normalized spacial score (nSPS) is 22.7. The molecule has 5 aromatic rings. The molecule has 9 rings (SSSR count). The Kier molecular flexibility index (Phi) is 9.37. The van der Waals surface area contributed by atoms with Crippen molar-refractivity contribution in [1.82, 2.24) is 35.1 Å². The SMILES string of the molecule is COC[C@H]1C[C@@H](c2nc3c(ccc4cc5c(cc43)OCc3cc(-c4cnc([C@@H]6CC7C[C@H]7N6C(=O)[C@@H](NC(=O)OC)C(C)C)[nH]4)ccc3-5)[nH]2)N(C(=O)OC(C)(C)C)C1. The summed E-state index contributed by atoms with van der Waals surface area (Å²) in [7, 11) is 2.99. The molecule has 3 N–H and O–H groups in total. The third-order valence-corrected chi connectivity index (χ3v) is 12.1. The average molecular weight is 790 g/mol. The second-order valence-electron chi connectivity index (χ2n) is 17.6. The summed E-state index contributed by atoms with van der Waals surface area (Å²) in [6.07, 6.45) is 3.39. The van der Waals surface area contributed by atoms with Crippen LogP contribution in [0.5, 0.6) is 5.75 Å². The maximum Gasteiger partial charge on any atom is 0.410 e. The second-order valence-corrected chi connectivity index (χ2v) is 17.6. The molecule has 1 aliphatic carbocycles. The molecule has 304 valence electrons. The summed E-state index contributed by atoms with van der Waals surface area (Å²) in [4.78, 5) is 60.0. The fourth-order valence-electron chi connectivity index (χ4n) is 9.22. The van der Waals surface area contributed by atoms with Gasteiger partial charge in [-0.1, -0.05) is 32.0 Å². The molecule has 5 heterocycles. The molecule has 3 aromatic carbocycles. The fraction of sp³-hybridized carbons (Fsp3) is 0.477. The average Bonchev–Trinajstić information content (AvgIpc) is 3.66. The summed E-state index contributed by atoms with van der Waals surface area (Å²) >= 11 is 0. The fourth-order valence-corrected chi connectivity index (χ4v) is 9.22. The van der Waals surface area contributed by atoms with Crippen molar-refractivity contribution in [1.29, 1.82) is 0 Å². The predicted molar refractivity (Wildman–Crippen MR) is 217 cm³/mol. The van der Waals surface area contributed by atoms with Crippen LogP contribution in [-0.4, -0.2) is 92.9 Å². The van der Waals surface area contributed by atoms with E-state index in [1.165, 1.54) is 7.11 Å². The molecule has 3 aliphatic heterocycles. The van der Waals surface area contributed by atoms with Crippen molar-refractivity contribution in [3.8, 4) is 28.1 Å². The van der Waals surface area contributed by atoms with Gasteiger partial charge in [-0.3, -0.25) is 9.69 Å². The molecule has 3 fully saturated rings. The molecule has 2 aromatic heterocycles. The van der Waals surface area contributed by atoms with Crippen molar-refractivity contribution in [3.63, 3.8) is 0 Å². The predicted octanol–water partition coefficient (Wildman–Crippen LogP) is 7.65. The first kappa shape index (κ1) is 37.9. The summed E-state index contributed by atoms with van der Waals surface area (Å²) in [5.41, 5.74) is 6.11. The Hall–Kier alpha value is -5.63. The zero-order valence-corrected chi connectivity index (χ0v) is 34.0. The topological polar surface area (TPSA) is 164 Å². The van der Waals surface area contributed by atoms with Gasteiger partial charge in [-0.2, -0.15) is 0 Å². The molecule has 14 heteroatoms. The quantitative estimate of drug-likeness (QED) is 0.143. The first-order valence-corrected chi connectivity index (χ1v) is 20.2. The number of imidazole rings is 2. The summed E-state index contributed by atoms with van der Waals surface area (Å²) in [5, 5.41) is 4.75. The number of benzene rings is 3. The minimum Gasteiger partial charge on any atom is -0.488 e. The third-order valence-electron chi connectivity index (χ3n) is 12.1. The van der Waals surface area contributed by atoms with E-state index < -0.39 is 17.7 Å². The first-order valence-electron chi connectivity index (χ1n) is 20.2. The molecule has 0 radical (unpaired) electrons. The molecular weight excluding hydrogens is 739 g/mol. The zero-order chi connectivity index (χ0) is 40.6. The molecule has 1 unspecified atom stereocenters. The van der Waals surface area contributed by atoms with Crippen LogP contribution in [0.3, 0.4) is 0 Å². The Bertz CT molecular complexity index is 2430. The molecule has 0 bridgehead atoms. The standard InChI is InChI=1S/C44H51N7O7/c1-22(2)37(49-42(53)56-7)41(52)51-33-15-26(33)16-35(51)39-45-18-32(47-39)25-8-10-28-27(13-25)21-57-36-17-29-24(14-30(28)36)9-11-31-38(29)48-40(46-31)34-12-23(20-55-6)19-50(34)43(54)58-44(3,4)5/h8-11,13-14,17-18,22-23,26,33-35,37H,12,15-16,19-21H2,1-7H3,(H,45,47)(H,46,48)(H,49,53)/t23-,26?,33+,34-,35-,37-/m0/s1. The van der Waals surface area contributed by atoms with E-state index in [4.69, 9.17) is 28.9 Å². The highest BCUT2D eigenvalue weighted by atomic mass is 16.6. The largest absolute Gasteiger partial charge is 0.488 e. The van der Waals surface area contributed by atoms with E-state index in [1.54, 1.807) is 12.0 Å². The van der Waals surface area contributed by atoms with Gasteiger partial charge in [0.2, 0.25) is 5.91 Å². The Labute approximate surface area is 337 Å². The van der Waals surface area contributed by atoms with Gasteiger partial charge in [0.25, 0.3) is 0 Å². The number of amides is 3. The number of piperidine rings is 1. The van der Waals surface area contributed by atoms with Gasteiger partial charge in [-0.15, -0.1) is 0 Å². The van der Waals surface area contributed by atoms with Crippen LogP contribution in [0.2, 0.25) is 0 Å². The Balaban J connectivity index is 0.973. The number of likely N-dealkylation sites (tertiary alicyclic amines) is 2. The summed E-state index contributed by atoms with van der Waals surface area (Å²) in [5.74, 6) is 2.66. The van der Waals surface area contributed by atoms with Crippen molar-refractivity contribution >= 4 is 39.9 Å². The van der Waals surface area contributed by atoms with Crippen molar-refractivity contribution in [3.05, 3.63) is 65.9 Å². The number of carbonyl (C=O) groups excluding carboxylic acids is 3. The lowest BCUT2D eigenvalue weighted by molar-refractivity contribution is -0.136. The number of nitrogens with one attached hydrogen (secondary N) is 3. The van der Waals surface area contributed by atoms with E-state index in [2.05, 4.69) is 51.7 Å². The number of methoxy groups -OCH3 is 2. The van der Waals surface area contributed by atoms with Gasteiger partial charge in [0.05, 0.1) is 48.7 Å². The van der Waals surface area contributed by atoms with Gasteiger partial charge in [-0.25, -0.2) is 19.6 Å². The molecule has 58 heavy (non-hydrogen) atoms. The minimum absolute atomic E-state index is 0.103. The first-order chi connectivity index (χ1) is 27.8. The molecule has 2 saturated heterocycles. The number of nitrogens with zero attached hydrogens (tertiary/aromatic N) is 4. The van der Waals surface area contributed by atoms with Gasteiger partial charge in [0.1, 0.15) is 35.6 Å². The maximum atomic E-state index is 13.9. The lowest BCUT2D eigenvalue weighted by atomic mass is 9.92. The molecule has 1 saturated carbocycles. The molecule has 0 spiro atoms. The number of aromatic nitrogens is 4. The van der Waals surface area contributed by atoms with E-state index in [0.717, 1.165) is 86.4 Å². The Morgan fingerprint density at radius 1 is 0.983 bits per heavy atom. The van der Waals surface area contributed by atoms with Crippen molar-refractivity contribution in [2.75, 3.05) is 27.4 Å². The number of carbonyl (C=O) groups is 3. The highest BCUT2D eigenvalue weighted by molar-refractivity contribution is 6.07. The van der Waals surface area contributed by atoms with E-state index in [1.807, 2.05) is 51.8 Å². The molecule has 14 nitrogen and oxygen atoms in total. The van der Waals surface area contributed by atoms with E-state index in [-0.39, 0.29) is 42.0 Å². The lowest BCUT2D eigenvalue weighted by Gasteiger charge is -2.31. The summed E-state index contributed by atoms with van der Waals surface area (Å²) in [6.45, 7) is 11.0. The molecule has 3 amide bonds. The Morgan fingerprint density at radius 2 is 1.81 bits per heavy atom. The van der Waals surface area contributed by atoms with Crippen LogP contribution in [0.25, 0.3) is 44.2 Å². The van der Waals surface area contributed by atoms with Crippen LogP contribution in [-0.2, 0) is 25.6 Å². The van der Waals surface area contributed by atoms with Crippen LogP contribution in [0.4, 0.5) is 9.59 Å². The number of hydrogen-bond donors (Lipinski definition) is 3. The lowest BCUT2D eigenvalue weighted by Crippen LogP contribution is -2.52. The highest BCUT2D eigenvalue weighted by Crippen LogP contribution is 2.53. The van der Waals surface area contributed by atoms with Crippen LogP contribution < -0.4 is 10.1 Å². The third kappa shape index (κ3) is 6.80. The maximum absolute atomic E-state index is 13.9. The number of ether oxygens (including phenoxy) is 4. The van der Waals surface area contributed by atoms with E-state index in [0.29, 0.717) is 25.7 Å². The van der Waals surface area contributed by atoms with Crippen molar-refractivity contribution in [2.24, 2.45) is 17.8 Å². The van der Waals surface area contributed by atoms with Gasteiger partial charge in [0, 0.05) is 36.6 Å². The number of hydrogen-bond acceptors (Lipinski definition) is 9. The van der Waals surface area contributed by atoms with Crippen LogP contribution in [0, 0.1) is 17.8 Å². The zero-order valence-electron chi connectivity index (χ0n) is 34.0. The highest BCUT2D eigenvalue weighted by Gasteiger charge is 2.56. The number of fused-ring (bicyclic) bond motifs is 7. The van der Waals surface area contributed by atoms with Crippen molar-refractivity contribution < 1.29 is 33.3 Å². The number of rotatable bonds is 8. The number of H-pyrrole nitrogens is 2. The molecule has 6 atom stereocenters. The van der Waals surface area contributed by atoms with Gasteiger partial charge in [0.15, 0.2) is 0 Å². The van der Waals surface area contributed by atoms with Crippen molar-refractivity contribution in [2.45, 2.75) is 90.3 Å². The van der Waals surface area contributed by atoms with Gasteiger partial charge in [-0.05, 0) is 98.2 Å². The monoisotopic (exact) mass is 789 g/mol. The smallest absolute Gasteiger partial charge is 0.410 e. The summed E-state index contributed by atoms with van der Waals surface area (Å²) in [6, 6.07) is 13.8. The number of aromatic amines is 2. The minimum atomic E-state index is -0.685. The molecule has 4 aliphatic rings. The number of alkyl carbamates (subject to hydrolysis) is 1. The van der Waals surface area contributed by atoms with Crippen LogP contribution >= 0.6 is 0 Å². The molecular formula is C44H51N7O7. The van der Waals surface area contributed by atoms with Crippen LogP contribution in [0.1, 0.15) is 83.2 Å². The van der Waals surface area contributed by atoms with Crippen LogP contribution in [0.15, 0.2) is 48.7 Å². The summed E-state index contributed by atoms with van der Waals surface area (Å²) < 4.78 is 22.5. The van der Waals surface area contributed by atoms with Gasteiger partial charge >= 0.3 is 12.2 Å². The second kappa shape index (κ2) is 14.3. The van der Waals surface area contributed by atoms with Gasteiger partial charge < -0.3 is 39.1 Å².